The fourth-order valence-electron chi connectivity index (χ4n) is 3.15. The summed E-state index contributed by atoms with van der Waals surface area (Å²) in [4.78, 5) is 23.3. The summed E-state index contributed by atoms with van der Waals surface area (Å²) in [5.74, 6) is 2.38. The van der Waals surface area contributed by atoms with Gasteiger partial charge in [-0.25, -0.2) is 19.9 Å². The average Bonchev–Trinajstić information content (AvgIpc) is 3.34. The van der Waals surface area contributed by atoms with Crippen LogP contribution < -0.4 is 5.69 Å². The van der Waals surface area contributed by atoms with Crippen LogP contribution in [0.3, 0.4) is 0 Å². The van der Waals surface area contributed by atoms with Crippen LogP contribution in [-0.4, -0.2) is 34.9 Å². The minimum atomic E-state index is -0.354. The molecular weight excluding hydrogens is 354 g/mol. The number of rotatable bonds is 4. The van der Waals surface area contributed by atoms with Crippen molar-refractivity contribution in [1.82, 2.24) is 34.9 Å². The number of pyridine rings is 1. The molecule has 0 spiro atoms. The smallest absolute Gasteiger partial charge is 0.293 e. The number of hydrogen-bond donors (Lipinski definition) is 2. The summed E-state index contributed by atoms with van der Waals surface area (Å²) in [6.07, 6.45) is 2.06. The van der Waals surface area contributed by atoms with Crippen molar-refractivity contribution in [2.24, 2.45) is 0 Å². The van der Waals surface area contributed by atoms with E-state index in [9.17, 15) is 4.79 Å². The summed E-state index contributed by atoms with van der Waals surface area (Å²) in [6.45, 7) is 0. The first-order valence-corrected chi connectivity index (χ1v) is 8.77. The Balaban J connectivity index is 1.70. The van der Waals surface area contributed by atoms with Gasteiger partial charge in [-0.3, -0.25) is 4.98 Å². The predicted octanol–water partition coefficient (Wildman–Crippen LogP) is 2.48. The van der Waals surface area contributed by atoms with Crippen molar-refractivity contribution in [3.8, 4) is 17.2 Å². The van der Waals surface area contributed by atoms with Gasteiger partial charge in [0.2, 0.25) is 0 Å². The van der Waals surface area contributed by atoms with E-state index in [-0.39, 0.29) is 5.69 Å². The van der Waals surface area contributed by atoms with Crippen LogP contribution in [0.1, 0.15) is 11.6 Å². The highest BCUT2D eigenvalue weighted by Crippen LogP contribution is 2.23. The van der Waals surface area contributed by atoms with Gasteiger partial charge in [0, 0.05) is 17.1 Å². The van der Waals surface area contributed by atoms with Crippen LogP contribution in [0.5, 0.6) is 0 Å². The number of nitrogens with one attached hydrogen (secondary N) is 2. The summed E-state index contributed by atoms with van der Waals surface area (Å²) in [7, 11) is 0. The Hall–Kier alpha value is -4.07. The molecule has 0 unspecified atom stereocenters. The fourth-order valence-corrected chi connectivity index (χ4v) is 3.15. The molecule has 8 heteroatoms. The minimum Gasteiger partial charge on any atom is -0.293 e. The van der Waals surface area contributed by atoms with Crippen LogP contribution in [0.4, 0.5) is 0 Å². The van der Waals surface area contributed by atoms with Gasteiger partial charge >= 0.3 is 5.69 Å². The third-order valence-corrected chi connectivity index (χ3v) is 4.44. The molecule has 0 saturated carbocycles. The molecule has 0 aliphatic rings. The van der Waals surface area contributed by atoms with Crippen LogP contribution in [0.25, 0.3) is 28.0 Å². The summed E-state index contributed by atoms with van der Waals surface area (Å²) >= 11 is 0. The molecule has 2 N–H and O–H groups in total. The van der Waals surface area contributed by atoms with Crippen LogP contribution in [0.2, 0.25) is 0 Å². The van der Waals surface area contributed by atoms with Crippen molar-refractivity contribution < 1.29 is 0 Å². The SMILES string of the molecule is O=c1[nH]nc(Cc2nc(-c3ccccc3)nn2-c2nccc3ccccc23)[nH]1. The van der Waals surface area contributed by atoms with E-state index in [1.54, 1.807) is 10.9 Å². The van der Waals surface area contributed by atoms with Gasteiger partial charge in [0.15, 0.2) is 11.6 Å². The Kier molecular flexibility index (Phi) is 3.79. The topological polar surface area (TPSA) is 105 Å². The number of aromatic amines is 2. The maximum atomic E-state index is 11.4. The largest absolute Gasteiger partial charge is 0.340 e. The molecule has 3 heterocycles. The van der Waals surface area contributed by atoms with E-state index in [4.69, 9.17) is 10.1 Å². The van der Waals surface area contributed by atoms with Crippen molar-refractivity contribution in [1.29, 1.82) is 0 Å². The van der Waals surface area contributed by atoms with Crippen molar-refractivity contribution in [2.75, 3.05) is 0 Å². The number of H-pyrrole nitrogens is 2. The Morgan fingerprint density at radius 3 is 2.61 bits per heavy atom. The molecule has 2 aromatic carbocycles. The number of fused-ring (bicyclic) bond motifs is 1. The lowest BCUT2D eigenvalue weighted by atomic mass is 10.1. The molecule has 0 saturated heterocycles. The molecule has 0 bridgehead atoms. The summed E-state index contributed by atoms with van der Waals surface area (Å²) in [5.41, 5.74) is 0.547. The molecule has 136 valence electrons. The second-order valence-corrected chi connectivity index (χ2v) is 6.29. The summed E-state index contributed by atoms with van der Waals surface area (Å²) in [5, 5.41) is 13.1. The highest BCUT2D eigenvalue weighted by atomic mass is 16.1. The van der Waals surface area contributed by atoms with Crippen molar-refractivity contribution >= 4 is 10.8 Å². The molecule has 0 aliphatic carbocycles. The van der Waals surface area contributed by atoms with Gasteiger partial charge in [-0.1, -0.05) is 54.6 Å². The van der Waals surface area contributed by atoms with Gasteiger partial charge in [-0.05, 0) is 11.5 Å². The minimum absolute atomic E-state index is 0.309. The van der Waals surface area contributed by atoms with Crippen LogP contribution in [-0.2, 0) is 6.42 Å². The lowest BCUT2D eigenvalue weighted by Crippen LogP contribution is -2.08. The zero-order valence-corrected chi connectivity index (χ0v) is 14.7. The van der Waals surface area contributed by atoms with Crippen molar-refractivity contribution in [3.05, 3.63) is 89.0 Å². The first kappa shape index (κ1) is 16.1. The lowest BCUT2D eigenvalue weighted by Gasteiger charge is -2.07. The Morgan fingerprint density at radius 2 is 1.79 bits per heavy atom. The highest BCUT2D eigenvalue weighted by Gasteiger charge is 2.17. The van der Waals surface area contributed by atoms with Gasteiger partial charge in [0.05, 0.1) is 6.42 Å². The van der Waals surface area contributed by atoms with Crippen molar-refractivity contribution in [3.63, 3.8) is 0 Å². The molecule has 28 heavy (non-hydrogen) atoms. The van der Waals surface area contributed by atoms with Gasteiger partial charge in [-0.2, -0.15) is 9.78 Å². The van der Waals surface area contributed by atoms with Gasteiger partial charge in [-0.15, -0.1) is 5.10 Å². The van der Waals surface area contributed by atoms with E-state index in [1.807, 2.05) is 60.7 Å². The van der Waals surface area contributed by atoms with E-state index in [1.165, 1.54) is 0 Å². The Labute approximate surface area is 158 Å². The maximum absolute atomic E-state index is 11.4. The molecular formula is C20H15N7O. The van der Waals surface area contributed by atoms with Crippen LogP contribution >= 0.6 is 0 Å². The van der Waals surface area contributed by atoms with Gasteiger partial charge < -0.3 is 0 Å². The van der Waals surface area contributed by atoms with Crippen LogP contribution in [0, 0.1) is 0 Å². The monoisotopic (exact) mass is 369 g/mol. The van der Waals surface area contributed by atoms with E-state index < -0.39 is 0 Å². The Morgan fingerprint density at radius 1 is 0.964 bits per heavy atom. The van der Waals surface area contributed by atoms with Crippen molar-refractivity contribution in [2.45, 2.75) is 6.42 Å². The summed E-state index contributed by atoms with van der Waals surface area (Å²) < 4.78 is 1.72. The number of benzene rings is 2. The molecule has 3 aromatic heterocycles. The second-order valence-electron chi connectivity index (χ2n) is 6.29. The number of hydrogen-bond acceptors (Lipinski definition) is 5. The predicted molar refractivity (Wildman–Crippen MR) is 104 cm³/mol. The lowest BCUT2D eigenvalue weighted by molar-refractivity contribution is 0.779. The molecule has 5 rings (SSSR count). The molecule has 0 amide bonds. The van der Waals surface area contributed by atoms with Crippen LogP contribution in [0.15, 0.2) is 71.7 Å². The molecule has 0 atom stereocenters. The average molecular weight is 369 g/mol. The van der Waals surface area contributed by atoms with E-state index in [0.717, 1.165) is 16.3 Å². The highest BCUT2D eigenvalue weighted by molar-refractivity contribution is 5.88. The number of aromatic nitrogens is 7. The molecule has 0 fully saturated rings. The van der Waals surface area contributed by atoms with E-state index >= 15 is 0 Å². The maximum Gasteiger partial charge on any atom is 0.340 e. The first-order chi connectivity index (χ1) is 13.8. The quantitative estimate of drug-likeness (QED) is 0.506. The summed E-state index contributed by atoms with van der Waals surface area (Å²) in [6, 6.07) is 19.7. The Bertz CT molecular complexity index is 1310. The number of nitrogens with zero attached hydrogens (tertiary/aromatic N) is 5. The zero-order chi connectivity index (χ0) is 18.9. The van der Waals surface area contributed by atoms with E-state index in [2.05, 4.69) is 20.2 Å². The van der Waals surface area contributed by atoms with Gasteiger partial charge in [0.1, 0.15) is 11.6 Å². The second kappa shape index (κ2) is 6.58. The van der Waals surface area contributed by atoms with E-state index in [0.29, 0.717) is 29.7 Å². The molecule has 0 aliphatic heterocycles. The third kappa shape index (κ3) is 2.86. The zero-order valence-electron chi connectivity index (χ0n) is 14.7. The molecule has 8 nitrogen and oxygen atoms in total. The fraction of sp³-hybridized carbons (Fsp3) is 0.0500. The standard InChI is InChI=1S/C20H15N7O/c28-20-22-16(24-25-20)12-17-23-18(14-7-2-1-3-8-14)26-27(17)19-15-9-5-4-6-13(15)10-11-21-19/h1-11H,12H2,(H2,22,24,25,28). The normalized spacial score (nSPS) is 11.1. The van der Waals surface area contributed by atoms with Gasteiger partial charge in [0.25, 0.3) is 0 Å². The molecule has 0 radical (unpaired) electrons. The third-order valence-electron chi connectivity index (χ3n) is 4.44. The molecule has 5 aromatic rings. The first-order valence-electron chi connectivity index (χ1n) is 8.77.